The SMILES string of the molecule is Cc1ccc(OCCNC(=O)C2=NN(c3ccc(F)cc3)[C@@H](C(N)=O)C2)cc1. The maximum Gasteiger partial charge on any atom is 0.267 e. The van der Waals surface area contributed by atoms with E-state index in [1.54, 1.807) is 0 Å². The number of nitrogens with one attached hydrogen (secondary N) is 1. The van der Waals surface area contributed by atoms with E-state index >= 15 is 0 Å². The Labute approximate surface area is 162 Å². The highest BCUT2D eigenvalue weighted by molar-refractivity contribution is 6.40. The largest absolute Gasteiger partial charge is 0.492 e. The second kappa shape index (κ2) is 8.51. The van der Waals surface area contributed by atoms with Crippen molar-refractivity contribution in [2.24, 2.45) is 10.8 Å². The lowest BCUT2D eigenvalue weighted by molar-refractivity contribution is -0.119. The van der Waals surface area contributed by atoms with Gasteiger partial charge in [-0.15, -0.1) is 0 Å². The quantitative estimate of drug-likeness (QED) is 0.711. The summed E-state index contributed by atoms with van der Waals surface area (Å²) >= 11 is 0. The van der Waals surface area contributed by atoms with Gasteiger partial charge in [-0.05, 0) is 43.3 Å². The van der Waals surface area contributed by atoms with Crippen molar-refractivity contribution >= 4 is 23.2 Å². The van der Waals surface area contributed by atoms with Crippen LogP contribution in [0.4, 0.5) is 10.1 Å². The van der Waals surface area contributed by atoms with Gasteiger partial charge in [0.15, 0.2) is 0 Å². The van der Waals surface area contributed by atoms with E-state index in [0.717, 1.165) is 5.56 Å². The molecule has 1 heterocycles. The van der Waals surface area contributed by atoms with Gasteiger partial charge < -0.3 is 15.8 Å². The van der Waals surface area contributed by atoms with Gasteiger partial charge in [-0.3, -0.25) is 14.6 Å². The molecule has 0 fully saturated rings. The highest BCUT2D eigenvalue weighted by Crippen LogP contribution is 2.24. The van der Waals surface area contributed by atoms with Crippen LogP contribution in [0.25, 0.3) is 0 Å². The molecular weight excluding hydrogens is 363 g/mol. The first-order valence-corrected chi connectivity index (χ1v) is 8.83. The molecule has 3 rings (SSSR count). The van der Waals surface area contributed by atoms with E-state index in [9.17, 15) is 14.0 Å². The lowest BCUT2D eigenvalue weighted by Crippen LogP contribution is -2.40. The van der Waals surface area contributed by atoms with Crippen LogP contribution in [0.5, 0.6) is 5.75 Å². The second-order valence-corrected chi connectivity index (χ2v) is 6.41. The molecule has 146 valence electrons. The summed E-state index contributed by atoms with van der Waals surface area (Å²) in [6, 6.07) is 12.3. The fraction of sp³-hybridized carbons (Fsp3) is 0.250. The number of rotatable bonds is 7. The molecule has 0 bridgehead atoms. The summed E-state index contributed by atoms with van der Waals surface area (Å²) in [5.74, 6) is -0.703. The molecule has 0 radical (unpaired) electrons. The molecule has 8 heteroatoms. The van der Waals surface area contributed by atoms with Crippen molar-refractivity contribution in [3.8, 4) is 5.75 Å². The zero-order valence-electron chi connectivity index (χ0n) is 15.4. The summed E-state index contributed by atoms with van der Waals surface area (Å²) in [7, 11) is 0. The van der Waals surface area contributed by atoms with Crippen LogP contribution in [0, 0.1) is 12.7 Å². The van der Waals surface area contributed by atoms with E-state index in [-0.39, 0.29) is 18.7 Å². The van der Waals surface area contributed by atoms with Crippen LogP contribution < -0.4 is 20.8 Å². The smallest absolute Gasteiger partial charge is 0.267 e. The first-order chi connectivity index (χ1) is 13.4. The Morgan fingerprint density at radius 1 is 1.21 bits per heavy atom. The Hall–Kier alpha value is -3.42. The maximum absolute atomic E-state index is 13.1. The van der Waals surface area contributed by atoms with Crippen molar-refractivity contribution in [3.05, 3.63) is 59.9 Å². The molecule has 2 aromatic carbocycles. The Morgan fingerprint density at radius 2 is 1.89 bits per heavy atom. The third-order valence-electron chi connectivity index (χ3n) is 4.27. The highest BCUT2D eigenvalue weighted by atomic mass is 19.1. The van der Waals surface area contributed by atoms with Crippen LogP contribution in [-0.4, -0.2) is 36.7 Å². The van der Waals surface area contributed by atoms with E-state index < -0.39 is 23.7 Å². The second-order valence-electron chi connectivity index (χ2n) is 6.41. The molecule has 3 N–H and O–H groups in total. The Kier molecular flexibility index (Phi) is 5.88. The Bertz CT molecular complexity index is 881. The molecule has 1 atom stereocenters. The molecule has 1 aliphatic rings. The van der Waals surface area contributed by atoms with E-state index in [2.05, 4.69) is 10.4 Å². The van der Waals surface area contributed by atoms with Crippen molar-refractivity contribution in [3.63, 3.8) is 0 Å². The first kappa shape index (κ1) is 19.3. The summed E-state index contributed by atoms with van der Waals surface area (Å²) in [5, 5.41) is 8.27. The van der Waals surface area contributed by atoms with E-state index in [1.807, 2.05) is 31.2 Å². The Morgan fingerprint density at radius 3 is 2.54 bits per heavy atom. The fourth-order valence-electron chi connectivity index (χ4n) is 2.77. The number of primary amides is 1. The molecule has 2 aromatic rings. The monoisotopic (exact) mass is 384 g/mol. The molecule has 0 unspecified atom stereocenters. The van der Waals surface area contributed by atoms with Crippen LogP contribution >= 0.6 is 0 Å². The molecule has 0 aromatic heterocycles. The van der Waals surface area contributed by atoms with Crippen LogP contribution in [0.15, 0.2) is 53.6 Å². The van der Waals surface area contributed by atoms with Gasteiger partial charge in [0.2, 0.25) is 5.91 Å². The first-order valence-electron chi connectivity index (χ1n) is 8.83. The number of aryl methyl sites for hydroxylation is 1. The van der Waals surface area contributed by atoms with Gasteiger partial charge in [0.1, 0.15) is 29.9 Å². The zero-order valence-corrected chi connectivity index (χ0v) is 15.4. The van der Waals surface area contributed by atoms with Crippen LogP contribution in [-0.2, 0) is 9.59 Å². The number of nitrogens with two attached hydrogens (primary N) is 1. The predicted molar refractivity (Wildman–Crippen MR) is 104 cm³/mol. The van der Waals surface area contributed by atoms with Crippen molar-refractivity contribution in [2.45, 2.75) is 19.4 Å². The van der Waals surface area contributed by atoms with E-state index in [4.69, 9.17) is 10.5 Å². The minimum Gasteiger partial charge on any atom is -0.492 e. The number of ether oxygens (including phenoxy) is 1. The zero-order chi connectivity index (χ0) is 20.1. The minimum atomic E-state index is -0.796. The summed E-state index contributed by atoms with van der Waals surface area (Å²) in [6.45, 7) is 2.56. The molecule has 28 heavy (non-hydrogen) atoms. The summed E-state index contributed by atoms with van der Waals surface area (Å²) < 4.78 is 18.7. The van der Waals surface area contributed by atoms with E-state index in [0.29, 0.717) is 18.0 Å². The summed E-state index contributed by atoms with van der Waals surface area (Å²) in [6.07, 6.45) is 0.0807. The normalized spacial score (nSPS) is 15.9. The van der Waals surface area contributed by atoms with Gasteiger partial charge in [-0.2, -0.15) is 5.10 Å². The lowest BCUT2D eigenvalue weighted by Gasteiger charge is -2.20. The van der Waals surface area contributed by atoms with Crippen LogP contribution in [0.2, 0.25) is 0 Å². The number of amides is 2. The van der Waals surface area contributed by atoms with Crippen LogP contribution in [0.3, 0.4) is 0 Å². The molecule has 0 aliphatic carbocycles. The molecule has 7 nitrogen and oxygen atoms in total. The van der Waals surface area contributed by atoms with E-state index in [1.165, 1.54) is 29.3 Å². The molecular formula is C20H21FN4O3. The average molecular weight is 384 g/mol. The maximum atomic E-state index is 13.1. The summed E-state index contributed by atoms with van der Waals surface area (Å²) in [5.41, 5.74) is 7.23. The average Bonchev–Trinajstić information content (AvgIpc) is 3.13. The van der Waals surface area contributed by atoms with Gasteiger partial charge in [0.25, 0.3) is 5.91 Å². The number of hydrazone groups is 1. The summed E-state index contributed by atoms with van der Waals surface area (Å²) in [4.78, 5) is 24.1. The number of anilines is 1. The topological polar surface area (TPSA) is 97.0 Å². The molecule has 0 saturated carbocycles. The third kappa shape index (κ3) is 4.64. The number of hydrogen-bond acceptors (Lipinski definition) is 5. The molecule has 2 amide bonds. The predicted octanol–water partition coefficient (Wildman–Crippen LogP) is 1.75. The van der Waals surface area contributed by atoms with Crippen molar-refractivity contribution in [1.82, 2.24) is 5.32 Å². The van der Waals surface area contributed by atoms with Crippen molar-refractivity contribution in [2.75, 3.05) is 18.2 Å². The van der Waals surface area contributed by atoms with Crippen molar-refractivity contribution in [1.29, 1.82) is 0 Å². The highest BCUT2D eigenvalue weighted by Gasteiger charge is 2.34. The van der Waals surface area contributed by atoms with Gasteiger partial charge in [0, 0.05) is 6.42 Å². The lowest BCUT2D eigenvalue weighted by atomic mass is 10.1. The number of nitrogens with zero attached hydrogens (tertiary/aromatic N) is 2. The standard InChI is InChI=1S/C20H21FN4O3/c1-13-2-8-16(9-3-13)28-11-10-23-20(27)17-12-18(19(22)26)25(24-17)15-6-4-14(21)5-7-15/h2-9,18H,10-12H2,1H3,(H2,22,26)(H,23,27)/t18-/m1/s1. The molecule has 1 aliphatic heterocycles. The molecule has 0 saturated heterocycles. The fourth-order valence-corrected chi connectivity index (χ4v) is 2.77. The van der Waals surface area contributed by atoms with Crippen LogP contribution in [0.1, 0.15) is 12.0 Å². The molecule has 0 spiro atoms. The van der Waals surface area contributed by atoms with Gasteiger partial charge >= 0.3 is 0 Å². The third-order valence-corrected chi connectivity index (χ3v) is 4.27. The van der Waals surface area contributed by atoms with Gasteiger partial charge in [-0.1, -0.05) is 17.7 Å². The Balaban J connectivity index is 1.57. The number of hydrogen-bond donors (Lipinski definition) is 2. The van der Waals surface area contributed by atoms with Crippen molar-refractivity contribution < 1.29 is 18.7 Å². The number of halogens is 1. The number of benzene rings is 2. The van der Waals surface area contributed by atoms with Gasteiger partial charge in [-0.25, -0.2) is 4.39 Å². The number of carbonyl (C=O) groups excluding carboxylic acids is 2. The van der Waals surface area contributed by atoms with Gasteiger partial charge in [0.05, 0.1) is 12.2 Å². The number of carbonyl (C=O) groups is 2. The minimum absolute atomic E-state index is 0.0807.